The Balaban J connectivity index is 3.21. The second kappa shape index (κ2) is 8.97. The fourth-order valence-electron chi connectivity index (χ4n) is 1.09. The van der Waals surface area contributed by atoms with Crippen molar-refractivity contribution in [2.45, 2.75) is 44.0 Å². The molecular formula is C10H22BrNO. The summed E-state index contributed by atoms with van der Waals surface area (Å²) in [5.41, 5.74) is 0. The first-order chi connectivity index (χ1) is 6.20. The molecule has 0 aliphatic carbocycles. The molecule has 0 amide bonds. The molecule has 0 aromatic carbocycles. The molecule has 2 unspecified atom stereocenters. The molecule has 0 spiro atoms. The molecule has 1 N–H and O–H groups in total. The molecule has 0 heterocycles. The van der Waals surface area contributed by atoms with Crippen molar-refractivity contribution < 1.29 is 4.74 Å². The molecule has 2 atom stereocenters. The van der Waals surface area contributed by atoms with Crippen LogP contribution in [-0.2, 0) is 4.74 Å². The van der Waals surface area contributed by atoms with Gasteiger partial charge < -0.3 is 10.1 Å². The van der Waals surface area contributed by atoms with Crippen LogP contribution in [0.1, 0.15) is 33.1 Å². The zero-order chi connectivity index (χ0) is 10.1. The SMILES string of the molecule is CCC(Br)CCNC(C)CCOC. The number of nitrogens with one attached hydrogen (secondary N) is 1. The highest BCUT2D eigenvalue weighted by Crippen LogP contribution is 2.07. The van der Waals surface area contributed by atoms with Crippen molar-refractivity contribution in [2.24, 2.45) is 0 Å². The van der Waals surface area contributed by atoms with Crippen LogP contribution in [0.4, 0.5) is 0 Å². The first kappa shape index (κ1) is 13.4. The lowest BCUT2D eigenvalue weighted by molar-refractivity contribution is 0.185. The highest BCUT2D eigenvalue weighted by Gasteiger charge is 2.03. The number of halogens is 1. The van der Waals surface area contributed by atoms with Crippen LogP contribution < -0.4 is 5.32 Å². The van der Waals surface area contributed by atoms with E-state index in [2.05, 4.69) is 35.1 Å². The molecule has 2 nitrogen and oxygen atoms in total. The second-order valence-corrected chi connectivity index (χ2v) is 4.73. The Labute approximate surface area is 90.6 Å². The van der Waals surface area contributed by atoms with E-state index in [0.717, 1.165) is 19.6 Å². The molecule has 13 heavy (non-hydrogen) atoms. The van der Waals surface area contributed by atoms with Gasteiger partial charge in [-0.1, -0.05) is 22.9 Å². The number of methoxy groups -OCH3 is 1. The molecular weight excluding hydrogens is 230 g/mol. The van der Waals surface area contributed by atoms with Gasteiger partial charge in [0, 0.05) is 24.6 Å². The van der Waals surface area contributed by atoms with Crippen LogP contribution >= 0.6 is 15.9 Å². The summed E-state index contributed by atoms with van der Waals surface area (Å²) in [7, 11) is 1.75. The van der Waals surface area contributed by atoms with Gasteiger partial charge in [0.05, 0.1) is 0 Å². The summed E-state index contributed by atoms with van der Waals surface area (Å²) in [5.74, 6) is 0. The van der Waals surface area contributed by atoms with Gasteiger partial charge >= 0.3 is 0 Å². The third-order valence-corrected chi connectivity index (χ3v) is 3.25. The summed E-state index contributed by atoms with van der Waals surface area (Å²) in [5, 5.41) is 3.47. The number of rotatable bonds is 8. The van der Waals surface area contributed by atoms with Gasteiger partial charge in [0.25, 0.3) is 0 Å². The van der Waals surface area contributed by atoms with Crippen LogP contribution in [0.3, 0.4) is 0 Å². The highest BCUT2D eigenvalue weighted by molar-refractivity contribution is 9.09. The summed E-state index contributed by atoms with van der Waals surface area (Å²) in [4.78, 5) is 0.662. The van der Waals surface area contributed by atoms with Gasteiger partial charge in [0.15, 0.2) is 0 Å². The van der Waals surface area contributed by atoms with Crippen LogP contribution in [0, 0.1) is 0 Å². The predicted molar refractivity (Wildman–Crippen MR) is 61.6 cm³/mol. The maximum Gasteiger partial charge on any atom is 0.0476 e. The molecule has 0 bridgehead atoms. The Kier molecular flexibility index (Phi) is 9.25. The summed E-state index contributed by atoms with van der Waals surface area (Å²) < 4.78 is 5.01. The number of alkyl halides is 1. The van der Waals surface area contributed by atoms with Crippen LogP contribution in [0.2, 0.25) is 0 Å². The Morgan fingerprint density at radius 2 is 2.08 bits per heavy atom. The van der Waals surface area contributed by atoms with Gasteiger partial charge in [-0.05, 0) is 32.7 Å². The predicted octanol–water partition coefficient (Wildman–Crippen LogP) is 2.56. The van der Waals surface area contributed by atoms with Crippen molar-refractivity contribution in [3.63, 3.8) is 0 Å². The lowest BCUT2D eigenvalue weighted by Gasteiger charge is -2.14. The fraction of sp³-hybridized carbons (Fsp3) is 1.00. The van der Waals surface area contributed by atoms with Crippen LogP contribution in [-0.4, -0.2) is 31.1 Å². The van der Waals surface area contributed by atoms with Crippen LogP contribution in [0.5, 0.6) is 0 Å². The molecule has 0 aromatic heterocycles. The zero-order valence-electron chi connectivity index (χ0n) is 8.98. The van der Waals surface area contributed by atoms with Crippen LogP contribution in [0.25, 0.3) is 0 Å². The van der Waals surface area contributed by atoms with Gasteiger partial charge in [-0.3, -0.25) is 0 Å². The lowest BCUT2D eigenvalue weighted by Crippen LogP contribution is -2.29. The average molecular weight is 252 g/mol. The molecule has 0 radical (unpaired) electrons. The van der Waals surface area contributed by atoms with Gasteiger partial charge in [-0.25, -0.2) is 0 Å². The molecule has 0 aliphatic heterocycles. The lowest BCUT2D eigenvalue weighted by atomic mass is 10.2. The summed E-state index contributed by atoms with van der Waals surface area (Å²) in [6.45, 7) is 6.34. The van der Waals surface area contributed by atoms with Gasteiger partial charge in [0.2, 0.25) is 0 Å². The third kappa shape index (κ3) is 8.72. The Hall–Kier alpha value is 0.400. The molecule has 0 saturated heterocycles. The smallest absolute Gasteiger partial charge is 0.0476 e. The Bertz CT molecular complexity index is 111. The van der Waals surface area contributed by atoms with Crippen molar-refractivity contribution in [3.8, 4) is 0 Å². The molecule has 3 heteroatoms. The monoisotopic (exact) mass is 251 g/mol. The minimum atomic E-state index is 0.566. The summed E-state index contributed by atoms with van der Waals surface area (Å²) in [6.07, 6.45) is 3.50. The number of hydrogen-bond acceptors (Lipinski definition) is 2. The molecule has 0 aliphatic rings. The molecule has 0 rings (SSSR count). The molecule has 0 aromatic rings. The van der Waals surface area contributed by atoms with Crippen molar-refractivity contribution in [1.29, 1.82) is 0 Å². The quantitative estimate of drug-likeness (QED) is 0.670. The first-order valence-corrected chi connectivity index (χ1v) is 5.98. The van der Waals surface area contributed by atoms with Crippen molar-refractivity contribution in [3.05, 3.63) is 0 Å². The topological polar surface area (TPSA) is 21.3 Å². The van der Waals surface area contributed by atoms with E-state index in [1.807, 2.05) is 0 Å². The normalized spacial score (nSPS) is 15.7. The van der Waals surface area contributed by atoms with E-state index < -0.39 is 0 Å². The van der Waals surface area contributed by atoms with E-state index >= 15 is 0 Å². The van der Waals surface area contributed by atoms with E-state index in [4.69, 9.17) is 4.74 Å². The van der Waals surface area contributed by atoms with E-state index in [0.29, 0.717) is 10.9 Å². The first-order valence-electron chi connectivity index (χ1n) is 5.07. The minimum absolute atomic E-state index is 0.566. The van der Waals surface area contributed by atoms with Gasteiger partial charge in [-0.2, -0.15) is 0 Å². The van der Waals surface area contributed by atoms with Gasteiger partial charge in [-0.15, -0.1) is 0 Å². The summed E-state index contributed by atoms with van der Waals surface area (Å²) >= 11 is 3.61. The maximum atomic E-state index is 5.01. The van der Waals surface area contributed by atoms with E-state index in [9.17, 15) is 0 Å². The zero-order valence-corrected chi connectivity index (χ0v) is 10.6. The largest absolute Gasteiger partial charge is 0.385 e. The molecule has 0 saturated carbocycles. The number of ether oxygens (including phenoxy) is 1. The Morgan fingerprint density at radius 3 is 2.62 bits per heavy atom. The Morgan fingerprint density at radius 1 is 1.38 bits per heavy atom. The maximum absolute atomic E-state index is 5.01. The van der Waals surface area contributed by atoms with Crippen LogP contribution in [0.15, 0.2) is 0 Å². The standard InChI is InChI=1S/C10H22BrNO/c1-4-10(11)5-7-12-9(2)6-8-13-3/h9-10,12H,4-8H2,1-3H3. The van der Waals surface area contributed by atoms with E-state index in [1.165, 1.54) is 12.8 Å². The molecule has 0 fully saturated rings. The van der Waals surface area contributed by atoms with E-state index in [-0.39, 0.29) is 0 Å². The minimum Gasteiger partial charge on any atom is -0.385 e. The molecule has 80 valence electrons. The van der Waals surface area contributed by atoms with Gasteiger partial charge in [0.1, 0.15) is 0 Å². The average Bonchev–Trinajstić information content (AvgIpc) is 2.14. The van der Waals surface area contributed by atoms with E-state index in [1.54, 1.807) is 7.11 Å². The van der Waals surface area contributed by atoms with Crippen molar-refractivity contribution in [1.82, 2.24) is 5.32 Å². The van der Waals surface area contributed by atoms with Crippen molar-refractivity contribution >= 4 is 15.9 Å². The fourth-order valence-corrected chi connectivity index (χ4v) is 1.32. The highest BCUT2D eigenvalue weighted by atomic mass is 79.9. The third-order valence-electron chi connectivity index (χ3n) is 2.15. The summed E-state index contributed by atoms with van der Waals surface area (Å²) in [6, 6.07) is 0.566. The number of hydrogen-bond donors (Lipinski definition) is 1. The van der Waals surface area contributed by atoms with Crippen molar-refractivity contribution in [2.75, 3.05) is 20.3 Å². The second-order valence-electron chi connectivity index (χ2n) is 3.43.